The molecule has 0 radical (unpaired) electrons. The van der Waals surface area contributed by atoms with Crippen molar-refractivity contribution >= 4 is 11.7 Å². The van der Waals surface area contributed by atoms with Gasteiger partial charge >= 0.3 is 6.03 Å². The van der Waals surface area contributed by atoms with Crippen molar-refractivity contribution in [2.75, 3.05) is 44.4 Å². The quantitative estimate of drug-likeness (QED) is 0.842. The number of anilines is 1. The summed E-state index contributed by atoms with van der Waals surface area (Å²) in [5.74, 6) is 0.540. The van der Waals surface area contributed by atoms with Crippen molar-refractivity contribution in [3.63, 3.8) is 0 Å². The Hall–Kier alpha value is -1.86. The molecule has 0 saturated carbocycles. The Balaban J connectivity index is 1.17. The van der Waals surface area contributed by atoms with E-state index in [0.717, 1.165) is 58.3 Å². The maximum absolute atomic E-state index is 12.3. The number of aromatic nitrogens is 1. The molecule has 27 heavy (non-hydrogen) atoms. The van der Waals surface area contributed by atoms with Crippen LogP contribution in [0.15, 0.2) is 24.5 Å². The van der Waals surface area contributed by atoms with E-state index < -0.39 is 0 Å². The van der Waals surface area contributed by atoms with Crippen LogP contribution in [0.1, 0.15) is 32.1 Å². The van der Waals surface area contributed by atoms with E-state index in [0.29, 0.717) is 19.1 Å². The topological polar surface area (TPSA) is 75.7 Å². The second-order valence-electron chi connectivity index (χ2n) is 8.01. The molecule has 2 amide bonds. The Morgan fingerprint density at radius 2 is 2.04 bits per heavy atom. The first-order valence-electron chi connectivity index (χ1n) is 10.1. The standard InChI is InChI=1S/C20H30N4O3/c25-19(23-17-5-11-27-20(13-17)6-12-26-15-20)22-14-16-3-9-24(10-4-16)18-1-7-21-8-2-18/h1-2,7-8,16-17H,3-6,9-15H2,(H2,22,23,25). The average Bonchev–Trinajstić information content (AvgIpc) is 3.15. The number of rotatable bonds is 4. The van der Waals surface area contributed by atoms with Crippen LogP contribution in [-0.4, -0.2) is 62.1 Å². The van der Waals surface area contributed by atoms with Gasteiger partial charge in [-0.25, -0.2) is 4.79 Å². The van der Waals surface area contributed by atoms with Gasteiger partial charge in [0.05, 0.1) is 12.2 Å². The Kier molecular flexibility index (Phi) is 5.78. The maximum atomic E-state index is 12.3. The molecule has 7 nitrogen and oxygen atoms in total. The van der Waals surface area contributed by atoms with Crippen molar-refractivity contribution < 1.29 is 14.3 Å². The second-order valence-corrected chi connectivity index (χ2v) is 8.01. The van der Waals surface area contributed by atoms with Crippen molar-refractivity contribution in [1.29, 1.82) is 0 Å². The van der Waals surface area contributed by atoms with E-state index in [4.69, 9.17) is 9.47 Å². The van der Waals surface area contributed by atoms with Gasteiger partial charge in [0.25, 0.3) is 0 Å². The van der Waals surface area contributed by atoms with E-state index in [9.17, 15) is 4.79 Å². The molecule has 4 heterocycles. The predicted octanol–water partition coefficient (Wildman–Crippen LogP) is 1.94. The number of amides is 2. The zero-order valence-electron chi connectivity index (χ0n) is 15.9. The highest BCUT2D eigenvalue weighted by Crippen LogP contribution is 2.32. The van der Waals surface area contributed by atoms with Crippen LogP contribution in [0, 0.1) is 5.92 Å². The number of nitrogens with one attached hydrogen (secondary N) is 2. The number of piperidine rings is 1. The Labute approximate surface area is 160 Å². The molecule has 2 atom stereocenters. The number of hydrogen-bond donors (Lipinski definition) is 2. The summed E-state index contributed by atoms with van der Waals surface area (Å²) in [6.07, 6.45) is 8.53. The van der Waals surface area contributed by atoms with Crippen molar-refractivity contribution in [2.45, 2.75) is 43.7 Å². The molecule has 0 bridgehead atoms. The maximum Gasteiger partial charge on any atom is 0.315 e. The van der Waals surface area contributed by atoms with Gasteiger partial charge in [-0.1, -0.05) is 0 Å². The minimum absolute atomic E-state index is 0.0486. The van der Waals surface area contributed by atoms with E-state index in [2.05, 4.69) is 32.7 Å². The van der Waals surface area contributed by atoms with Crippen LogP contribution >= 0.6 is 0 Å². The fourth-order valence-corrected chi connectivity index (χ4v) is 4.44. The van der Waals surface area contributed by atoms with Gasteiger partial charge in [0.15, 0.2) is 0 Å². The summed E-state index contributed by atoms with van der Waals surface area (Å²) in [6, 6.07) is 4.24. The molecule has 148 valence electrons. The molecule has 1 aromatic heterocycles. The number of hydrogen-bond acceptors (Lipinski definition) is 5. The molecular weight excluding hydrogens is 344 g/mol. The zero-order chi connectivity index (χ0) is 18.5. The van der Waals surface area contributed by atoms with E-state index in [-0.39, 0.29) is 17.7 Å². The third-order valence-electron chi connectivity index (χ3n) is 6.09. The third kappa shape index (κ3) is 4.71. The first kappa shape index (κ1) is 18.5. The van der Waals surface area contributed by atoms with Crippen LogP contribution in [0.2, 0.25) is 0 Å². The Morgan fingerprint density at radius 3 is 2.78 bits per heavy atom. The lowest BCUT2D eigenvalue weighted by atomic mass is 9.90. The summed E-state index contributed by atoms with van der Waals surface area (Å²) in [7, 11) is 0. The molecule has 1 aromatic rings. The molecule has 0 aromatic carbocycles. The number of urea groups is 1. The molecule has 2 unspecified atom stereocenters. The lowest BCUT2D eigenvalue weighted by Gasteiger charge is -2.37. The van der Waals surface area contributed by atoms with Crippen molar-refractivity contribution in [3.8, 4) is 0 Å². The van der Waals surface area contributed by atoms with Crippen LogP contribution < -0.4 is 15.5 Å². The second kappa shape index (κ2) is 8.44. The first-order valence-corrected chi connectivity index (χ1v) is 10.1. The zero-order valence-corrected chi connectivity index (χ0v) is 15.9. The van der Waals surface area contributed by atoms with Gasteiger partial charge in [-0.2, -0.15) is 0 Å². The monoisotopic (exact) mass is 374 g/mol. The number of nitrogens with zero attached hydrogens (tertiary/aromatic N) is 2. The van der Waals surface area contributed by atoms with Gasteiger partial charge in [0.1, 0.15) is 0 Å². The lowest BCUT2D eigenvalue weighted by Crippen LogP contribution is -2.51. The number of carbonyl (C=O) groups is 1. The SMILES string of the molecule is O=C(NCC1CCN(c2ccncc2)CC1)NC1CCOC2(CCOC2)C1. The van der Waals surface area contributed by atoms with Crippen molar-refractivity contribution in [3.05, 3.63) is 24.5 Å². The molecule has 4 rings (SSSR count). The van der Waals surface area contributed by atoms with Gasteiger partial charge < -0.3 is 25.0 Å². The van der Waals surface area contributed by atoms with Crippen LogP contribution in [0.5, 0.6) is 0 Å². The van der Waals surface area contributed by atoms with Gasteiger partial charge in [-0.05, 0) is 43.7 Å². The summed E-state index contributed by atoms with van der Waals surface area (Å²) < 4.78 is 11.4. The molecule has 3 fully saturated rings. The number of pyridine rings is 1. The van der Waals surface area contributed by atoms with Crippen LogP contribution in [0.3, 0.4) is 0 Å². The smallest absolute Gasteiger partial charge is 0.315 e. The molecule has 7 heteroatoms. The van der Waals surface area contributed by atoms with Crippen molar-refractivity contribution in [2.24, 2.45) is 5.92 Å². The highest BCUT2D eigenvalue weighted by Gasteiger charge is 2.41. The Morgan fingerprint density at radius 1 is 1.22 bits per heavy atom. The molecule has 3 saturated heterocycles. The number of carbonyl (C=O) groups excluding carboxylic acids is 1. The Bertz CT molecular complexity index is 613. The van der Waals surface area contributed by atoms with Gasteiger partial charge in [0.2, 0.25) is 0 Å². The first-order chi connectivity index (χ1) is 13.2. The van der Waals surface area contributed by atoms with Crippen LogP contribution in [0.25, 0.3) is 0 Å². The molecule has 0 aliphatic carbocycles. The predicted molar refractivity (Wildman–Crippen MR) is 103 cm³/mol. The largest absolute Gasteiger partial charge is 0.378 e. The summed E-state index contributed by atoms with van der Waals surface area (Å²) in [6.45, 7) is 4.91. The van der Waals surface area contributed by atoms with Crippen molar-refractivity contribution in [1.82, 2.24) is 15.6 Å². The van der Waals surface area contributed by atoms with E-state index in [1.54, 1.807) is 0 Å². The lowest BCUT2D eigenvalue weighted by molar-refractivity contribution is -0.0878. The van der Waals surface area contributed by atoms with E-state index >= 15 is 0 Å². The highest BCUT2D eigenvalue weighted by atomic mass is 16.6. The molecule has 1 spiro atoms. The van der Waals surface area contributed by atoms with Gasteiger partial charge in [-0.15, -0.1) is 0 Å². The summed E-state index contributed by atoms with van der Waals surface area (Å²) in [5, 5.41) is 6.22. The van der Waals surface area contributed by atoms with Gasteiger partial charge in [-0.3, -0.25) is 4.98 Å². The van der Waals surface area contributed by atoms with E-state index in [1.807, 2.05) is 12.4 Å². The molecular formula is C20H30N4O3. The van der Waals surface area contributed by atoms with Crippen LogP contribution in [0.4, 0.5) is 10.5 Å². The molecule has 3 aliphatic heterocycles. The normalized spacial score (nSPS) is 29.0. The average molecular weight is 374 g/mol. The minimum Gasteiger partial charge on any atom is -0.378 e. The van der Waals surface area contributed by atoms with Crippen LogP contribution in [-0.2, 0) is 9.47 Å². The van der Waals surface area contributed by atoms with E-state index in [1.165, 1.54) is 5.69 Å². The summed E-state index contributed by atoms with van der Waals surface area (Å²) in [4.78, 5) is 18.8. The fraction of sp³-hybridized carbons (Fsp3) is 0.700. The van der Waals surface area contributed by atoms with Gasteiger partial charge in [0, 0.05) is 63.4 Å². The summed E-state index contributed by atoms with van der Waals surface area (Å²) in [5.41, 5.74) is 1.06. The summed E-state index contributed by atoms with van der Waals surface area (Å²) >= 11 is 0. The fourth-order valence-electron chi connectivity index (χ4n) is 4.44. The highest BCUT2D eigenvalue weighted by molar-refractivity contribution is 5.74. The molecule has 3 aliphatic rings. The third-order valence-corrected chi connectivity index (χ3v) is 6.09. The number of ether oxygens (including phenoxy) is 2. The molecule has 2 N–H and O–H groups in total. The minimum atomic E-state index is -0.171.